The molecular weight excluding hydrogens is 284 g/mol. The summed E-state index contributed by atoms with van der Waals surface area (Å²) in [6, 6.07) is 11.6. The number of para-hydroxylation sites is 1. The average molecular weight is 298 g/mol. The molecule has 0 unspecified atom stereocenters. The van der Waals surface area contributed by atoms with Crippen LogP contribution in [0, 0.1) is 0 Å². The van der Waals surface area contributed by atoms with Gasteiger partial charge in [-0.2, -0.15) is 0 Å². The van der Waals surface area contributed by atoms with Crippen molar-refractivity contribution in [3.8, 4) is 5.75 Å². The molecule has 22 heavy (non-hydrogen) atoms. The van der Waals surface area contributed by atoms with Crippen LogP contribution >= 0.6 is 0 Å². The number of fused-ring (bicyclic) bond motifs is 1. The van der Waals surface area contributed by atoms with Gasteiger partial charge >= 0.3 is 5.97 Å². The summed E-state index contributed by atoms with van der Waals surface area (Å²) in [6.07, 6.45) is 0. The van der Waals surface area contributed by atoms with Crippen LogP contribution in [-0.4, -0.2) is 23.6 Å². The number of benzene rings is 2. The fourth-order valence-electron chi connectivity index (χ4n) is 2.39. The van der Waals surface area contributed by atoms with Gasteiger partial charge in [0.25, 0.3) is 5.91 Å². The molecule has 0 fully saturated rings. The van der Waals surface area contributed by atoms with Gasteiger partial charge in [0.1, 0.15) is 11.4 Å². The van der Waals surface area contributed by atoms with Gasteiger partial charge in [-0.25, -0.2) is 4.79 Å². The fraction of sp³-hybridized carbons (Fsp3) is 0.125. The summed E-state index contributed by atoms with van der Waals surface area (Å²) in [7, 11) is 0. The van der Waals surface area contributed by atoms with Crippen molar-refractivity contribution in [1.82, 2.24) is 0 Å². The highest BCUT2D eigenvalue weighted by atomic mass is 16.5. The molecule has 6 nitrogen and oxygen atoms in total. The van der Waals surface area contributed by atoms with E-state index in [-0.39, 0.29) is 18.1 Å². The van der Waals surface area contributed by atoms with Crippen LogP contribution in [-0.2, 0) is 11.3 Å². The minimum atomic E-state index is -0.983. The van der Waals surface area contributed by atoms with E-state index in [0.29, 0.717) is 23.7 Å². The summed E-state index contributed by atoms with van der Waals surface area (Å²) in [5, 5.41) is 8.91. The highest BCUT2D eigenvalue weighted by molar-refractivity contribution is 6.01. The van der Waals surface area contributed by atoms with Crippen LogP contribution in [0.1, 0.15) is 15.9 Å². The van der Waals surface area contributed by atoms with Crippen molar-refractivity contribution in [2.24, 2.45) is 0 Å². The quantitative estimate of drug-likeness (QED) is 0.844. The van der Waals surface area contributed by atoms with Crippen LogP contribution < -0.4 is 15.4 Å². The average Bonchev–Trinajstić information content (AvgIpc) is 2.51. The second-order valence-electron chi connectivity index (χ2n) is 4.96. The lowest BCUT2D eigenvalue weighted by molar-refractivity contribution is -0.121. The summed E-state index contributed by atoms with van der Waals surface area (Å²) in [5.74, 6) is -0.599. The molecule has 3 rings (SSSR count). The van der Waals surface area contributed by atoms with Gasteiger partial charge in [0.05, 0.1) is 17.8 Å². The Hall–Kier alpha value is -3.02. The maximum Gasteiger partial charge on any atom is 0.335 e. The number of rotatable bonds is 3. The van der Waals surface area contributed by atoms with E-state index in [1.807, 2.05) is 0 Å². The number of nitrogens with two attached hydrogens (primary N) is 1. The van der Waals surface area contributed by atoms with Crippen molar-refractivity contribution in [2.75, 3.05) is 17.2 Å². The number of hydrogen-bond donors (Lipinski definition) is 2. The van der Waals surface area contributed by atoms with E-state index >= 15 is 0 Å². The van der Waals surface area contributed by atoms with E-state index in [9.17, 15) is 9.59 Å². The zero-order valence-corrected chi connectivity index (χ0v) is 11.7. The Bertz CT molecular complexity index is 740. The molecule has 1 amide bonds. The largest absolute Gasteiger partial charge is 0.481 e. The Morgan fingerprint density at radius 2 is 1.95 bits per heavy atom. The van der Waals surface area contributed by atoms with Crippen LogP contribution in [0.3, 0.4) is 0 Å². The number of anilines is 2. The maximum absolute atomic E-state index is 12.1. The van der Waals surface area contributed by atoms with Crippen LogP contribution in [0.2, 0.25) is 0 Å². The van der Waals surface area contributed by atoms with E-state index in [1.165, 1.54) is 12.1 Å². The second kappa shape index (κ2) is 5.40. The molecule has 0 radical (unpaired) electrons. The number of carbonyl (C=O) groups is 2. The molecule has 0 saturated carbocycles. The molecule has 0 atom stereocenters. The van der Waals surface area contributed by atoms with Gasteiger partial charge in [-0.1, -0.05) is 18.2 Å². The molecule has 1 heterocycles. The number of carboxylic acid groups (broad SMARTS) is 1. The number of ether oxygens (including phenoxy) is 1. The maximum atomic E-state index is 12.1. The molecule has 0 saturated heterocycles. The molecule has 0 spiro atoms. The fourth-order valence-corrected chi connectivity index (χ4v) is 2.39. The first-order valence-electron chi connectivity index (χ1n) is 6.70. The van der Waals surface area contributed by atoms with Crippen molar-refractivity contribution in [3.63, 3.8) is 0 Å². The number of aromatic carboxylic acids is 1. The molecule has 0 aromatic heterocycles. The Balaban J connectivity index is 1.92. The van der Waals surface area contributed by atoms with Crippen molar-refractivity contribution < 1.29 is 19.4 Å². The monoisotopic (exact) mass is 298 g/mol. The third kappa shape index (κ3) is 2.46. The molecular formula is C16H14N2O4. The van der Waals surface area contributed by atoms with Gasteiger partial charge in [0.2, 0.25) is 0 Å². The van der Waals surface area contributed by atoms with Crippen LogP contribution in [0.4, 0.5) is 11.4 Å². The number of hydrogen-bond acceptors (Lipinski definition) is 4. The van der Waals surface area contributed by atoms with Gasteiger partial charge in [-0.05, 0) is 29.8 Å². The third-order valence-corrected chi connectivity index (χ3v) is 3.49. The normalized spacial score (nSPS) is 13.5. The SMILES string of the molecule is Nc1cccc2c1N(Cc1ccc(C(=O)O)cc1)C(=O)CO2. The molecule has 0 aliphatic carbocycles. The summed E-state index contributed by atoms with van der Waals surface area (Å²) < 4.78 is 5.39. The summed E-state index contributed by atoms with van der Waals surface area (Å²) >= 11 is 0. The molecule has 6 heteroatoms. The number of nitrogen functional groups attached to an aromatic ring is 1. The van der Waals surface area contributed by atoms with E-state index in [2.05, 4.69) is 0 Å². The number of carbonyl (C=O) groups excluding carboxylic acids is 1. The van der Waals surface area contributed by atoms with Crippen molar-refractivity contribution in [1.29, 1.82) is 0 Å². The lowest BCUT2D eigenvalue weighted by Crippen LogP contribution is -2.38. The van der Waals surface area contributed by atoms with Crippen LogP contribution in [0.15, 0.2) is 42.5 Å². The van der Waals surface area contributed by atoms with E-state index in [0.717, 1.165) is 5.56 Å². The van der Waals surface area contributed by atoms with E-state index in [4.69, 9.17) is 15.6 Å². The van der Waals surface area contributed by atoms with Gasteiger partial charge in [0.15, 0.2) is 6.61 Å². The standard InChI is InChI=1S/C16H14N2O4/c17-12-2-1-3-13-15(12)18(14(19)9-22-13)8-10-4-6-11(7-5-10)16(20)21/h1-7H,8-9,17H2,(H,20,21). The lowest BCUT2D eigenvalue weighted by Gasteiger charge is -2.30. The minimum Gasteiger partial charge on any atom is -0.481 e. The smallest absolute Gasteiger partial charge is 0.335 e. The van der Waals surface area contributed by atoms with Crippen molar-refractivity contribution in [2.45, 2.75) is 6.54 Å². The third-order valence-electron chi connectivity index (χ3n) is 3.49. The lowest BCUT2D eigenvalue weighted by atomic mass is 10.1. The Morgan fingerprint density at radius 3 is 2.64 bits per heavy atom. The van der Waals surface area contributed by atoms with Gasteiger partial charge in [-0.15, -0.1) is 0 Å². The van der Waals surface area contributed by atoms with E-state index < -0.39 is 5.97 Å². The Kier molecular flexibility index (Phi) is 3.42. The summed E-state index contributed by atoms with van der Waals surface area (Å²) in [4.78, 5) is 24.6. The van der Waals surface area contributed by atoms with Crippen molar-refractivity contribution in [3.05, 3.63) is 53.6 Å². The predicted octanol–water partition coefficient (Wildman–Crippen LogP) is 1.89. The van der Waals surface area contributed by atoms with E-state index in [1.54, 1.807) is 35.2 Å². The predicted molar refractivity (Wildman–Crippen MR) is 80.9 cm³/mol. The minimum absolute atomic E-state index is 0.0380. The summed E-state index contributed by atoms with van der Waals surface area (Å²) in [5.41, 5.74) is 8.00. The summed E-state index contributed by atoms with van der Waals surface area (Å²) in [6.45, 7) is 0.271. The zero-order valence-electron chi connectivity index (χ0n) is 11.7. The Labute approximate surface area is 126 Å². The molecule has 3 N–H and O–H groups in total. The highest BCUT2D eigenvalue weighted by Crippen LogP contribution is 2.37. The zero-order chi connectivity index (χ0) is 15.7. The van der Waals surface area contributed by atoms with Gasteiger partial charge in [-0.3, -0.25) is 9.69 Å². The first kappa shape index (κ1) is 13.9. The topological polar surface area (TPSA) is 92.9 Å². The molecule has 2 aromatic carbocycles. The molecule has 2 aromatic rings. The highest BCUT2D eigenvalue weighted by Gasteiger charge is 2.27. The van der Waals surface area contributed by atoms with Crippen LogP contribution in [0.5, 0.6) is 5.75 Å². The van der Waals surface area contributed by atoms with Gasteiger partial charge in [0, 0.05) is 0 Å². The number of carboxylic acids is 1. The Morgan fingerprint density at radius 1 is 1.23 bits per heavy atom. The molecule has 0 bridgehead atoms. The number of amides is 1. The first-order valence-corrected chi connectivity index (χ1v) is 6.70. The number of nitrogens with zero attached hydrogens (tertiary/aromatic N) is 1. The molecule has 1 aliphatic rings. The molecule has 112 valence electrons. The van der Waals surface area contributed by atoms with Crippen molar-refractivity contribution >= 4 is 23.3 Å². The molecule has 1 aliphatic heterocycles. The van der Waals surface area contributed by atoms with Crippen LogP contribution in [0.25, 0.3) is 0 Å². The second-order valence-corrected chi connectivity index (χ2v) is 4.96. The van der Waals surface area contributed by atoms with Gasteiger partial charge < -0.3 is 15.6 Å². The first-order chi connectivity index (χ1) is 10.6.